The topological polar surface area (TPSA) is 113 Å². The normalized spacial score (nSPS) is 11.5. The van der Waals surface area contributed by atoms with Crippen LogP contribution in [0, 0.1) is 0 Å². The van der Waals surface area contributed by atoms with Gasteiger partial charge in [-0.15, -0.1) is 11.3 Å². The third-order valence-corrected chi connectivity index (χ3v) is 6.77. The molecular weight excluding hydrogens is 424 g/mol. The minimum absolute atomic E-state index is 0.112. The van der Waals surface area contributed by atoms with Crippen LogP contribution in [0.4, 0.5) is 5.13 Å². The van der Waals surface area contributed by atoms with Gasteiger partial charge in [0.15, 0.2) is 5.13 Å². The molecule has 0 fully saturated rings. The maximum Gasteiger partial charge on any atom is 0.257 e. The highest BCUT2D eigenvalue weighted by atomic mass is 32.2. The lowest BCUT2D eigenvalue weighted by Gasteiger charge is -2.10. The molecule has 2 aromatic carbocycles. The van der Waals surface area contributed by atoms with Crippen LogP contribution >= 0.6 is 11.3 Å². The summed E-state index contributed by atoms with van der Waals surface area (Å²) in [5, 5.41) is 6.03. The Bertz CT molecular complexity index is 1340. The lowest BCUT2D eigenvalue weighted by atomic mass is 10.1. The fraction of sp³-hybridized carbons (Fsp3) is 0.100. The maximum atomic E-state index is 12.7. The molecule has 0 aliphatic carbocycles. The summed E-state index contributed by atoms with van der Waals surface area (Å²) >= 11 is 1.29. The molecule has 0 spiro atoms. The zero-order valence-corrected chi connectivity index (χ0v) is 17.7. The van der Waals surface area contributed by atoms with Crippen LogP contribution in [-0.2, 0) is 10.0 Å². The third kappa shape index (κ3) is 3.67. The Balaban J connectivity index is 1.60. The molecule has 0 bridgehead atoms. The molecule has 0 saturated carbocycles. The molecule has 10 heteroatoms. The van der Waals surface area contributed by atoms with Crippen molar-refractivity contribution in [3.8, 4) is 17.0 Å². The van der Waals surface area contributed by atoms with Crippen molar-refractivity contribution in [1.29, 1.82) is 0 Å². The largest absolute Gasteiger partial charge is 0.495 e. The van der Waals surface area contributed by atoms with Crippen LogP contribution < -0.4 is 14.8 Å². The van der Waals surface area contributed by atoms with Gasteiger partial charge in [-0.1, -0.05) is 18.2 Å². The molecule has 30 heavy (non-hydrogen) atoms. The highest BCUT2D eigenvalue weighted by Gasteiger charge is 2.21. The summed E-state index contributed by atoms with van der Waals surface area (Å²) in [6.07, 6.45) is 1.88. The van der Waals surface area contributed by atoms with E-state index >= 15 is 0 Å². The van der Waals surface area contributed by atoms with E-state index in [1.54, 1.807) is 0 Å². The van der Waals surface area contributed by atoms with Gasteiger partial charge in [0.05, 0.1) is 12.8 Å². The number of sulfonamides is 1. The number of carbonyl (C=O) groups is 1. The number of rotatable bonds is 6. The summed E-state index contributed by atoms with van der Waals surface area (Å²) in [6.45, 7) is 0. The smallest absolute Gasteiger partial charge is 0.257 e. The molecule has 1 amide bonds. The first-order valence-electron chi connectivity index (χ1n) is 8.88. The Morgan fingerprint density at radius 3 is 2.77 bits per heavy atom. The number of aromatic amines is 1. The van der Waals surface area contributed by atoms with Crippen LogP contribution in [0.5, 0.6) is 5.75 Å². The van der Waals surface area contributed by atoms with Gasteiger partial charge in [0, 0.05) is 33.6 Å². The quantitative estimate of drug-likeness (QED) is 0.423. The van der Waals surface area contributed by atoms with Gasteiger partial charge in [-0.05, 0) is 31.3 Å². The van der Waals surface area contributed by atoms with Crippen molar-refractivity contribution in [3.63, 3.8) is 0 Å². The van der Waals surface area contributed by atoms with Crippen LogP contribution in [0.3, 0.4) is 0 Å². The second kappa shape index (κ2) is 7.90. The zero-order chi connectivity index (χ0) is 21.3. The van der Waals surface area contributed by atoms with Crippen LogP contribution in [0.2, 0.25) is 0 Å². The summed E-state index contributed by atoms with van der Waals surface area (Å²) in [6, 6.07) is 12.1. The number of para-hydroxylation sites is 1. The number of hydrogen-bond acceptors (Lipinski definition) is 6. The van der Waals surface area contributed by atoms with Gasteiger partial charge in [-0.3, -0.25) is 10.1 Å². The Morgan fingerprint density at radius 1 is 1.20 bits per heavy atom. The van der Waals surface area contributed by atoms with Crippen molar-refractivity contribution in [2.24, 2.45) is 0 Å². The molecule has 0 unspecified atom stereocenters. The van der Waals surface area contributed by atoms with Crippen molar-refractivity contribution in [2.45, 2.75) is 4.90 Å². The molecule has 3 N–H and O–H groups in total. The van der Waals surface area contributed by atoms with Crippen molar-refractivity contribution in [3.05, 3.63) is 59.6 Å². The molecule has 4 rings (SSSR count). The number of hydrogen-bond donors (Lipinski definition) is 3. The second-order valence-electron chi connectivity index (χ2n) is 6.31. The average Bonchev–Trinajstić information content (AvgIpc) is 3.39. The first-order valence-corrected chi connectivity index (χ1v) is 11.2. The van der Waals surface area contributed by atoms with E-state index in [0.29, 0.717) is 5.13 Å². The van der Waals surface area contributed by atoms with Gasteiger partial charge >= 0.3 is 0 Å². The number of amides is 1. The van der Waals surface area contributed by atoms with Gasteiger partial charge < -0.3 is 9.72 Å². The fourth-order valence-corrected chi connectivity index (χ4v) is 4.67. The molecule has 0 aliphatic rings. The van der Waals surface area contributed by atoms with E-state index in [4.69, 9.17) is 4.74 Å². The number of nitrogens with one attached hydrogen (secondary N) is 3. The molecule has 2 heterocycles. The summed E-state index contributed by atoms with van der Waals surface area (Å²) in [5.74, 6) is -0.318. The monoisotopic (exact) mass is 442 g/mol. The molecule has 154 valence electrons. The summed E-state index contributed by atoms with van der Waals surface area (Å²) < 4.78 is 31.8. The molecule has 0 atom stereocenters. The fourth-order valence-electron chi connectivity index (χ4n) is 3.05. The van der Waals surface area contributed by atoms with Crippen LogP contribution in [-0.4, -0.2) is 38.5 Å². The van der Waals surface area contributed by atoms with Gasteiger partial charge in [0.1, 0.15) is 10.6 Å². The number of carbonyl (C=O) groups excluding carboxylic acids is 1. The van der Waals surface area contributed by atoms with Crippen molar-refractivity contribution < 1.29 is 17.9 Å². The number of H-pyrrole nitrogens is 1. The van der Waals surface area contributed by atoms with Gasteiger partial charge in [0.2, 0.25) is 10.0 Å². The number of methoxy groups -OCH3 is 1. The second-order valence-corrected chi connectivity index (χ2v) is 9.03. The van der Waals surface area contributed by atoms with Gasteiger partial charge in [-0.25, -0.2) is 18.1 Å². The van der Waals surface area contributed by atoms with E-state index in [-0.39, 0.29) is 16.2 Å². The van der Waals surface area contributed by atoms with Crippen LogP contribution in [0.15, 0.2) is 58.9 Å². The predicted octanol–water partition coefficient (Wildman–Crippen LogP) is 3.46. The predicted molar refractivity (Wildman–Crippen MR) is 117 cm³/mol. The van der Waals surface area contributed by atoms with Crippen molar-refractivity contribution >= 4 is 43.3 Å². The third-order valence-electron chi connectivity index (χ3n) is 4.57. The first-order chi connectivity index (χ1) is 14.4. The van der Waals surface area contributed by atoms with Gasteiger partial charge in [-0.2, -0.15) is 0 Å². The average molecular weight is 443 g/mol. The minimum atomic E-state index is -3.79. The SMILES string of the molecule is CNS(=O)(=O)c1cc(C(=O)Nc2nc(-c3c[nH]c4ccccc34)cs2)ccc1OC. The van der Waals surface area contributed by atoms with Gasteiger partial charge in [0.25, 0.3) is 5.91 Å². The summed E-state index contributed by atoms with van der Waals surface area (Å²) in [5.41, 5.74) is 2.85. The molecule has 2 aromatic heterocycles. The number of fused-ring (bicyclic) bond motifs is 1. The number of thiazole rings is 1. The zero-order valence-electron chi connectivity index (χ0n) is 16.1. The lowest BCUT2D eigenvalue weighted by molar-refractivity contribution is 0.102. The van der Waals surface area contributed by atoms with E-state index in [0.717, 1.165) is 22.2 Å². The standard InChI is InChI=1S/C20H18N4O4S2/c1-21-30(26,27)18-9-12(7-8-17(18)28-2)19(25)24-20-23-16(11-29-20)14-10-22-15-6-4-3-5-13(14)15/h3-11,21-22H,1-2H3,(H,23,24,25). The molecule has 0 radical (unpaired) electrons. The number of benzene rings is 2. The Hall–Kier alpha value is -3.21. The Labute approximate surface area is 177 Å². The van der Waals surface area contributed by atoms with E-state index in [9.17, 15) is 13.2 Å². The lowest BCUT2D eigenvalue weighted by Crippen LogP contribution is -2.20. The van der Waals surface area contributed by atoms with Crippen LogP contribution in [0.1, 0.15) is 10.4 Å². The van der Waals surface area contributed by atoms with Crippen molar-refractivity contribution in [2.75, 3.05) is 19.5 Å². The number of anilines is 1. The van der Waals surface area contributed by atoms with E-state index in [2.05, 4.69) is 20.0 Å². The highest BCUT2D eigenvalue weighted by Crippen LogP contribution is 2.31. The van der Waals surface area contributed by atoms with Crippen LogP contribution in [0.25, 0.3) is 22.2 Å². The summed E-state index contributed by atoms with van der Waals surface area (Å²) in [7, 11) is -1.13. The van der Waals surface area contributed by atoms with E-state index in [1.165, 1.54) is 43.7 Å². The van der Waals surface area contributed by atoms with Crippen molar-refractivity contribution in [1.82, 2.24) is 14.7 Å². The first kappa shape index (κ1) is 20.1. The maximum absolute atomic E-state index is 12.7. The number of nitrogens with zero attached hydrogens (tertiary/aromatic N) is 1. The van der Waals surface area contributed by atoms with E-state index < -0.39 is 15.9 Å². The van der Waals surface area contributed by atoms with E-state index in [1.807, 2.05) is 35.8 Å². The number of aromatic nitrogens is 2. The molecule has 8 nitrogen and oxygen atoms in total. The number of ether oxygens (including phenoxy) is 1. The molecular formula is C20H18N4O4S2. The Morgan fingerprint density at radius 2 is 2.00 bits per heavy atom. The molecule has 0 aliphatic heterocycles. The Kier molecular flexibility index (Phi) is 5.29. The minimum Gasteiger partial charge on any atom is -0.495 e. The molecule has 4 aromatic rings. The highest BCUT2D eigenvalue weighted by molar-refractivity contribution is 7.89. The molecule has 0 saturated heterocycles. The summed E-state index contributed by atoms with van der Waals surface area (Å²) in [4.78, 5) is 20.3.